The van der Waals surface area contributed by atoms with Gasteiger partial charge in [-0.2, -0.15) is 5.10 Å². The lowest BCUT2D eigenvalue weighted by atomic mass is 10.1. The Balaban J connectivity index is 2.03. The average Bonchev–Trinajstić information content (AvgIpc) is 3.01. The molecule has 2 heterocycles. The normalized spacial score (nSPS) is 12.2. The monoisotopic (exact) mass is 322 g/mol. The molecule has 0 spiro atoms. The van der Waals surface area contributed by atoms with E-state index in [0.717, 1.165) is 28.3 Å². The van der Waals surface area contributed by atoms with Crippen molar-refractivity contribution in [1.29, 1.82) is 0 Å². The number of amides is 1. The van der Waals surface area contributed by atoms with Gasteiger partial charge in [-0.25, -0.2) is 9.78 Å². The molecular formula is C14H18N4O3S. The molecule has 0 saturated heterocycles. The molecule has 1 unspecified atom stereocenters. The van der Waals surface area contributed by atoms with Crippen LogP contribution in [0.2, 0.25) is 0 Å². The maximum Gasteiger partial charge on any atom is 0.347 e. The van der Waals surface area contributed by atoms with E-state index in [1.165, 1.54) is 6.20 Å². The average molecular weight is 322 g/mol. The summed E-state index contributed by atoms with van der Waals surface area (Å²) < 4.78 is 1.75. The molecular weight excluding hydrogens is 304 g/mol. The molecule has 0 fully saturated rings. The summed E-state index contributed by atoms with van der Waals surface area (Å²) in [5, 5.41) is 16.6. The minimum Gasteiger partial charge on any atom is -0.477 e. The van der Waals surface area contributed by atoms with Crippen LogP contribution in [0.15, 0.2) is 6.20 Å². The highest BCUT2D eigenvalue weighted by atomic mass is 32.1. The molecule has 2 aromatic heterocycles. The summed E-state index contributed by atoms with van der Waals surface area (Å²) >= 11 is 1.07. The van der Waals surface area contributed by atoms with Crippen molar-refractivity contribution in [2.75, 3.05) is 0 Å². The Morgan fingerprint density at radius 3 is 2.64 bits per heavy atom. The molecule has 0 aliphatic rings. The SMILES string of the molecule is Cc1nn(C)c(C)c1CC(=O)NC(C)c1ncc(C(=O)O)s1. The van der Waals surface area contributed by atoms with E-state index in [9.17, 15) is 9.59 Å². The van der Waals surface area contributed by atoms with Gasteiger partial charge in [-0.3, -0.25) is 9.48 Å². The van der Waals surface area contributed by atoms with Crippen molar-refractivity contribution in [3.63, 3.8) is 0 Å². The molecule has 0 bridgehead atoms. The van der Waals surface area contributed by atoms with Gasteiger partial charge in [0, 0.05) is 18.3 Å². The molecule has 118 valence electrons. The maximum atomic E-state index is 12.2. The van der Waals surface area contributed by atoms with E-state index < -0.39 is 5.97 Å². The van der Waals surface area contributed by atoms with Crippen LogP contribution in [-0.2, 0) is 18.3 Å². The van der Waals surface area contributed by atoms with Gasteiger partial charge in [-0.1, -0.05) is 0 Å². The van der Waals surface area contributed by atoms with Crippen molar-refractivity contribution in [2.45, 2.75) is 33.2 Å². The number of thiazole rings is 1. The van der Waals surface area contributed by atoms with Crippen LogP contribution >= 0.6 is 11.3 Å². The van der Waals surface area contributed by atoms with Crippen LogP contribution in [0.5, 0.6) is 0 Å². The highest BCUT2D eigenvalue weighted by Gasteiger charge is 2.18. The van der Waals surface area contributed by atoms with Crippen LogP contribution < -0.4 is 5.32 Å². The van der Waals surface area contributed by atoms with Crippen molar-refractivity contribution in [3.05, 3.63) is 33.0 Å². The molecule has 22 heavy (non-hydrogen) atoms. The Morgan fingerprint density at radius 1 is 1.45 bits per heavy atom. The van der Waals surface area contributed by atoms with Crippen LogP contribution in [0.25, 0.3) is 0 Å². The minimum atomic E-state index is -1.01. The lowest BCUT2D eigenvalue weighted by Crippen LogP contribution is -2.28. The zero-order valence-corrected chi connectivity index (χ0v) is 13.7. The second-order valence-corrected chi connectivity index (χ2v) is 6.17. The van der Waals surface area contributed by atoms with Crippen molar-refractivity contribution in [3.8, 4) is 0 Å². The van der Waals surface area contributed by atoms with Gasteiger partial charge < -0.3 is 10.4 Å². The van der Waals surface area contributed by atoms with E-state index in [2.05, 4.69) is 15.4 Å². The Bertz CT molecular complexity index is 720. The molecule has 0 radical (unpaired) electrons. The molecule has 2 N–H and O–H groups in total. The number of carboxylic acid groups (broad SMARTS) is 1. The first kappa shape index (κ1) is 16.2. The van der Waals surface area contributed by atoms with Crippen LogP contribution in [0.3, 0.4) is 0 Å². The smallest absolute Gasteiger partial charge is 0.347 e. The van der Waals surface area contributed by atoms with Crippen molar-refractivity contribution >= 4 is 23.2 Å². The van der Waals surface area contributed by atoms with E-state index in [1.54, 1.807) is 11.6 Å². The molecule has 0 aromatic carbocycles. The zero-order chi connectivity index (χ0) is 16.4. The molecule has 7 nitrogen and oxygen atoms in total. The first-order valence-electron chi connectivity index (χ1n) is 6.77. The number of aromatic carboxylic acids is 1. The third-order valence-electron chi connectivity index (χ3n) is 3.48. The van der Waals surface area contributed by atoms with Gasteiger partial charge in [0.2, 0.25) is 5.91 Å². The van der Waals surface area contributed by atoms with Crippen molar-refractivity contribution in [2.24, 2.45) is 7.05 Å². The largest absolute Gasteiger partial charge is 0.477 e. The van der Waals surface area contributed by atoms with E-state index in [4.69, 9.17) is 5.11 Å². The van der Waals surface area contributed by atoms with Crippen LogP contribution in [0, 0.1) is 13.8 Å². The summed E-state index contributed by atoms with van der Waals surface area (Å²) in [4.78, 5) is 27.2. The Morgan fingerprint density at radius 2 is 2.14 bits per heavy atom. The third kappa shape index (κ3) is 3.33. The van der Waals surface area contributed by atoms with E-state index in [0.29, 0.717) is 5.01 Å². The number of carboxylic acids is 1. The van der Waals surface area contributed by atoms with Gasteiger partial charge in [-0.15, -0.1) is 11.3 Å². The Kier molecular flexibility index (Phi) is 4.60. The van der Waals surface area contributed by atoms with Gasteiger partial charge >= 0.3 is 5.97 Å². The predicted octanol–water partition coefficient (Wildman–Crippen LogP) is 1.61. The molecule has 0 aliphatic carbocycles. The molecule has 0 aliphatic heterocycles. The molecule has 8 heteroatoms. The summed E-state index contributed by atoms with van der Waals surface area (Å²) in [6.07, 6.45) is 1.55. The van der Waals surface area contributed by atoms with E-state index >= 15 is 0 Å². The fraction of sp³-hybridized carbons (Fsp3) is 0.429. The van der Waals surface area contributed by atoms with Gasteiger partial charge in [-0.05, 0) is 20.8 Å². The summed E-state index contributed by atoms with van der Waals surface area (Å²) in [6, 6.07) is -0.331. The summed E-state index contributed by atoms with van der Waals surface area (Å²) in [5.41, 5.74) is 2.71. The summed E-state index contributed by atoms with van der Waals surface area (Å²) in [7, 11) is 1.84. The Hall–Kier alpha value is -2.22. The summed E-state index contributed by atoms with van der Waals surface area (Å²) in [6.45, 7) is 5.58. The highest BCUT2D eigenvalue weighted by molar-refractivity contribution is 7.13. The van der Waals surface area contributed by atoms with Gasteiger partial charge in [0.1, 0.15) is 9.88 Å². The quantitative estimate of drug-likeness (QED) is 0.871. The zero-order valence-electron chi connectivity index (χ0n) is 12.9. The number of carbonyl (C=O) groups is 2. The van der Waals surface area contributed by atoms with Crippen LogP contribution in [-0.4, -0.2) is 31.7 Å². The van der Waals surface area contributed by atoms with Crippen molar-refractivity contribution in [1.82, 2.24) is 20.1 Å². The number of carbonyl (C=O) groups excluding carboxylic acids is 1. The number of rotatable bonds is 5. The fourth-order valence-corrected chi connectivity index (χ4v) is 2.93. The van der Waals surface area contributed by atoms with Crippen molar-refractivity contribution < 1.29 is 14.7 Å². The number of aryl methyl sites for hydroxylation is 2. The predicted molar refractivity (Wildman–Crippen MR) is 82.0 cm³/mol. The Labute approximate surface area is 132 Å². The number of nitrogens with zero attached hydrogens (tertiary/aromatic N) is 3. The number of nitrogens with one attached hydrogen (secondary N) is 1. The van der Waals surface area contributed by atoms with Crippen LogP contribution in [0.1, 0.15) is 44.6 Å². The number of hydrogen-bond donors (Lipinski definition) is 2. The number of hydrogen-bond acceptors (Lipinski definition) is 5. The standard InChI is InChI=1S/C14H18N4O3S/c1-7-10(9(3)18(4)17-7)5-12(19)16-8(2)13-15-6-11(22-13)14(20)21/h6,8H,5H2,1-4H3,(H,16,19)(H,20,21). The maximum absolute atomic E-state index is 12.2. The third-order valence-corrected chi connectivity index (χ3v) is 4.65. The van der Waals surface area contributed by atoms with Gasteiger partial charge in [0.05, 0.1) is 24.4 Å². The van der Waals surface area contributed by atoms with Gasteiger partial charge in [0.25, 0.3) is 0 Å². The van der Waals surface area contributed by atoms with Crippen LogP contribution in [0.4, 0.5) is 0 Å². The summed E-state index contributed by atoms with van der Waals surface area (Å²) in [5.74, 6) is -1.15. The number of aromatic nitrogens is 3. The second-order valence-electron chi connectivity index (χ2n) is 5.11. The second kappa shape index (κ2) is 6.27. The van der Waals surface area contributed by atoms with Gasteiger partial charge in [0.15, 0.2) is 0 Å². The lowest BCUT2D eigenvalue weighted by Gasteiger charge is -2.11. The van der Waals surface area contributed by atoms with E-state index in [1.807, 2.05) is 20.9 Å². The molecule has 0 saturated carbocycles. The molecule has 2 rings (SSSR count). The lowest BCUT2D eigenvalue weighted by molar-refractivity contribution is -0.121. The van der Waals surface area contributed by atoms with E-state index in [-0.39, 0.29) is 23.2 Å². The fourth-order valence-electron chi connectivity index (χ4n) is 2.17. The molecule has 1 amide bonds. The first-order valence-corrected chi connectivity index (χ1v) is 7.58. The minimum absolute atomic E-state index is 0.140. The highest BCUT2D eigenvalue weighted by Crippen LogP contribution is 2.20. The first-order chi connectivity index (χ1) is 10.3. The molecule has 1 atom stereocenters. The topological polar surface area (TPSA) is 97.1 Å². The molecule has 2 aromatic rings.